The highest BCUT2D eigenvalue weighted by atomic mass is 16.5. The average molecular weight is 211 g/mol. The minimum Gasteiger partial charge on any atom is -0.339 e. The van der Waals surface area contributed by atoms with E-state index >= 15 is 0 Å². The molecule has 15 heavy (non-hydrogen) atoms. The maximum Gasteiger partial charge on any atom is 0.232 e. The van der Waals surface area contributed by atoms with Gasteiger partial charge >= 0.3 is 0 Å². The lowest BCUT2D eigenvalue weighted by molar-refractivity contribution is 0.316. The fraction of sp³-hybridized carbons (Fsp3) is 0.818. The molecule has 0 aliphatic rings. The number of aromatic nitrogens is 2. The van der Waals surface area contributed by atoms with Gasteiger partial charge in [-0.3, -0.25) is 0 Å². The van der Waals surface area contributed by atoms with E-state index in [0.717, 1.165) is 19.3 Å². The molecule has 0 aromatic carbocycles. The molecule has 0 saturated heterocycles. The summed E-state index contributed by atoms with van der Waals surface area (Å²) in [6.45, 7) is 8.27. The predicted octanol–water partition coefficient (Wildman–Crippen LogP) is 2.56. The molecule has 0 aliphatic heterocycles. The summed E-state index contributed by atoms with van der Waals surface area (Å²) in [7, 11) is 0. The molecule has 1 atom stereocenters. The van der Waals surface area contributed by atoms with Gasteiger partial charge in [0.05, 0.1) is 6.04 Å². The Balaban J connectivity index is 2.67. The predicted molar refractivity (Wildman–Crippen MR) is 59.5 cm³/mol. The van der Waals surface area contributed by atoms with E-state index in [0.29, 0.717) is 11.7 Å². The Morgan fingerprint density at radius 1 is 1.40 bits per heavy atom. The Hall–Kier alpha value is -0.900. The highest BCUT2D eigenvalue weighted by Crippen LogP contribution is 2.22. The molecule has 4 heteroatoms. The Bertz CT molecular complexity index is 301. The van der Waals surface area contributed by atoms with Gasteiger partial charge in [-0.05, 0) is 6.42 Å². The quantitative estimate of drug-likeness (QED) is 0.831. The third-order valence-corrected chi connectivity index (χ3v) is 2.28. The number of unbranched alkanes of at least 4 members (excludes halogenated alkanes) is 1. The summed E-state index contributed by atoms with van der Waals surface area (Å²) in [5.74, 6) is 1.29. The van der Waals surface area contributed by atoms with Gasteiger partial charge < -0.3 is 10.3 Å². The Morgan fingerprint density at radius 2 is 2.07 bits per heavy atom. The highest BCUT2D eigenvalue weighted by Gasteiger charge is 2.23. The molecular formula is C11H21N3O. The second kappa shape index (κ2) is 4.75. The van der Waals surface area contributed by atoms with Gasteiger partial charge in [-0.2, -0.15) is 4.98 Å². The van der Waals surface area contributed by atoms with Gasteiger partial charge in [-0.25, -0.2) is 0 Å². The van der Waals surface area contributed by atoms with Crippen LogP contribution in [0.5, 0.6) is 0 Å². The molecule has 1 unspecified atom stereocenters. The second-order valence-corrected chi connectivity index (χ2v) is 4.96. The van der Waals surface area contributed by atoms with Crippen molar-refractivity contribution in [1.82, 2.24) is 10.1 Å². The summed E-state index contributed by atoms with van der Waals surface area (Å²) in [4.78, 5) is 4.33. The van der Waals surface area contributed by atoms with Crippen LogP contribution in [0, 0.1) is 0 Å². The van der Waals surface area contributed by atoms with Crippen LogP contribution in [0.3, 0.4) is 0 Å². The van der Waals surface area contributed by atoms with Crippen LogP contribution in [0.1, 0.15) is 64.7 Å². The lowest BCUT2D eigenvalue weighted by atomic mass is 9.97. The van der Waals surface area contributed by atoms with E-state index in [9.17, 15) is 0 Å². The van der Waals surface area contributed by atoms with E-state index in [-0.39, 0.29) is 11.5 Å². The van der Waals surface area contributed by atoms with E-state index in [1.54, 1.807) is 0 Å². The third kappa shape index (κ3) is 3.30. The average Bonchev–Trinajstić information content (AvgIpc) is 2.62. The monoisotopic (exact) mass is 211 g/mol. The van der Waals surface area contributed by atoms with Gasteiger partial charge in [-0.1, -0.05) is 45.7 Å². The van der Waals surface area contributed by atoms with Crippen LogP contribution in [0.2, 0.25) is 0 Å². The summed E-state index contributed by atoms with van der Waals surface area (Å²) in [5, 5.41) is 3.92. The van der Waals surface area contributed by atoms with Crippen molar-refractivity contribution < 1.29 is 4.52 Å². The normalized spacial score (nSPS) is 14.2. The van der Waals surface area contributed by atoms with Crippen molar-refractivity contribution in [3.8, 4) is 0 Å². The number of nitrogens with zero attached hydrogens (tertiary/aromatic N) is 2. The number of hydrogen-bond acceptors (Lipinski definition) is 4. The molecule has 1 heterocycles. The SMILES string of the molecule is CCCCC(N)c1noc(C(C)(C)C)n1. The number of rotatable bonds is 4. The van der Waals surface area contributed by atoms with Crippen molar-refractivity contribution in [2.75, 3.05) is 0 Å². The fourth-order valence-electron chi connectivity index (χ4n) is 1.24. The van der Waals surface area contributed by atoms with Crippen molar-refractivity contribution in [3.63, 3.8) is 0 Å². The lowest BCUT2D eigenvalue weighted by Crippen LogP contribution is -2.14. The Kier molecular flexibility index (Phi) is 3.85. The zero-order valence-electron chi connectivity index (χ0n) is 10.1. The molecule has 2 N–H and O–H groups in total. The molecule has 1 aromatic rings. The van der Waals surface area contributed by atoms with E-state index in [4.69, 9.17) is 10.3 Å². The zero-order chi connectivity index (χ0) is 11.5. The molecule has 0 bridgehead atoms. The maximum atomic E-state index is 5.95. The first-order valence-electron chi connectivity index (χ1n) is 5.54. The summed E-state index contributed by atoms with van der Waals surface area (Å²) in [5.41, 5.74) is 5.85. The smallest absolute Gasteiger partial charge is 0.232 e. The van der Waals surface area contributed by atoms with Gasteiger partial charge in [0.1, 0.15) is 0 Å². The van der Waals surface area contributed by atoms with E-state index in [1.807, 2.05) is 20.8 Å². The van der Waals surface area contributed by atoms with Crippen LogP contribution < -0.4 is 5.73 Å². The van der Waals surface area contributed by atoms with Crippen LogP contribution in [-0.4, -0.2) is 10.1 Å². The third-order valence-electron chi connectivity index (χ3n) is 2.28. The summed E-state index contributed by atoms with van der Waals surface area (Å²) in [6.07, 6.45) is 3.15. The molecule has 86 valence electrons. The molecule has 0 radical (unpaired) electrons. The fourth-order valence-corrected chi connectivity index (χ4v) is 1.24. The van der Waals surface area contributed by atoms with Crippen molar-refractivity contribution in [3.05, 3.63) is 11.7 Å². The minimum absolute atomic E-state index is 0.0928. The van der Waals surface area contributed by atoms with Crippen LogP contribution >= 0.6 is 0 Å². The van der Waals surface area contributed by atoms with Crippen molar-refractivity contribution >= 4 is 0 Å². The molecule has 0 spiro atoms. The van der Waals surface area contributed by atoms with Crippen LogP contribution in [-0.2, 0) is 5.41 Å². The first kappa shape index (κ1) is 12.2. The van der Waals surface area contributed by atoms with Crippen LogP contribution in [0.4, 0.5) is 0 Å². The maximum absolute atomic E-state index is 5.95. The number of hydrogen-bond donors (Lipinski definition) is 1. The Labute approximate surface area is 91.2 Å². The van der Waals surface area contributed by atoms with Crippen molar-refractivity contribution in [2.45, 2.75) is 58.4 Å². The molecule has 4 nitrogen and oxygen atoms in total. The van der Waals surface area contributed by atoms with E-state index in [1.165, 1.54) is 0 Å². The zero-order valence-corrected chi connectivity index (χ0v) is 10.1. The first-order valence-corrected chi connectivity index (χ1v) is 5.54. The first-order chi connectivity index (χ1) is 6.95. The molecule has 0 saturated carbocycles. The standard InChI is InChI=1S/C11H21N3O/c1-5-6-7-8(12)9-13-10(15-14-9)11(2,3)4/h8H,5-7,12H2,1-4H3. The molecule has 0 amide bonds. The van der Waals surface area contributed by atoms with Gasteiger partial charge in [0.25, 0.3) is 0 Å². The molecule has 1 aromatic heterocycles. The van der Waals surface area contributed by atoms with Gasteiger partial charge in [0.15, 0.2) is 5.82 Å². The minimum atomic E-state index is -0.101. The van der Waals surface area contributed by atoms with Gasteiger partial charge in [-0.15, -0.1) is 0 Å². The lowest BCUT2D eigenvalue weighted by Gasteiger charge is -2.10. The highest BCUT2D eigenvalue weighted by molar-refractivity contribution is 5.00. The summed E-state index contributed by atoms with van der Waals surface area (Å²) < 4.78 is 5.19. The largest absolute Gasteiger partial charge is 0.339 e. The Morgan fingerprint density at radius 3 is 2.53 bits per heavy atom. The van der Waals surface area contributed by atoms with Gasteiger partial charge in [0, 0.05) is 5.41 Å². The topological polar surface area (TPSA) is 64.9 Å². The number of nitrogens with two attached hydrogens (primary N) is 1. The van der Waals surface area contributed by atoms with E-state index in [2.05, 4.69) is 17.1 Å². The van der Waals surface area contributed by atoms with Crippen molar-refractivity contribution in [2.24, 2.45) is 5.73 Å². The van der Waals surface area contributed by atoms with E-state index < -0.39 is 0 Å². The molecule has 0 fully saturated rings. The van der Waals surface area contributed by atoms with Crippen LogP contribution in [0.15, 0.2) is 4.52 Å². The summed E-state index contributed by atoms with van der Waals surface area (Å²) in [6, 6.07) is -0.0928. The molecule has 1 rings (SSSR count). The van der Waals surface area contributed by atoms with Gasteiger partial charge in [0.2, 0.25) is 5.89 Å². The molecular weight excluding hydrogens is 190 g/mol. The molecule has 0 aliphatic carbocycles. The van der Waals surface area contributed by atoms with Crippen LogP contribution in [0.25, 0.3) is 0 Å². The summed E-state index contributed by atoms with van der Waals surface area (Å²) >= 11 is 0. The second-order valence-electron chi connectivity index (χ2n) is 4.96. The van der Waals surface area contributed by atoms with Crippen molar-refractivity contribution in [1.29, 1.82) is 0 Å².